The van der Waals surface area contributed by atoms with Gasteiger partial charge < -0.3 is 5.11 Å². The quantitative estimate of drug-likeness (QED) is 0.727. The molecule has 0 aromatic heterocycles. The Hall–Kier alpha value is -2.39. The first-order chi connectivity index (χ1) is 12.0. The SMILES string of the molecule is CC1CC(=O)C=C2C1=CC(c1ccc(O)c(Br)c1)=C2c1ccccc1. The molecule has 2 aromatic rings. The Morgan fingerprint density at radius 1 is 1.04 bits per heavy atom. The predicted octanol–water partition coefficient (Wildman–Crippen LogP) is 5.54. The van der Waals surface area contributed by atoms with E-state index >= 15 is 0 Å². The van der Waals surface area contributed by atoms with Gasteiger partial charge in [-0.15, -0.1) is 0 Å². The number of halogens is 1. The highest BCUT2D eigenvalue weighted by Crippen LogP contribution is 2.48. The molecule has 3 heteroatoms. The monoisotopic (exact) mass is 392 g/mol. The summed E-state index contributed by atoms with van der Waals surface area (Å²) >= 11 is 3.41. The van der Waals surface area contributed by atoms with Crippen LogP contribution in [0.25, 0.3) is 11.1 Å². The molecule has 0 spiro atoms. The highest BCUT2D eigenvalue weighted by Gasteiger charge is 2.31. The minimum Gasteiger partial charge on any atom is -0.507 e. The molecule has 1 N–H and O–H groups in total. The lowest BCUT2D eigenvalue weighted by atomic mass is 9.82. The minimum atomic E-state index is 0.182. The van der Waals surface area contributed by atoms with Crippen molar-refractivity contribution in [3.63, 3.8) is 0 Å². The second-order valence-corrected chi connectivity index (χ2v) is 7.40. The van der Waals surface area contributed by atoms with E-state index in [1.165, 1.54) is 5.57 Å². The van der Waals surface area contributed by atoms with Gasteiger partial charge in [0, 0.05) is 6.42 Å². The second kappa shape index (κ2) is 6.16. The van der Waals surface area contributed by atoms with E-state index < -0.39 is 0 Å². The lowest BCUT2D eigenvalue weighted by Gasteiger charge is -2.21. The van der Waals surface area contributed by atoms with Gasteiger partial charge in [0.25, 0.3) is 0 Å². The predicted molar refractivity (Wildman–Crippen MR) is 104 cm³/mol. The van der Waals surface area contributed by atoms with E-state index in [-0.39, 0.29) is 17.5 Å². The number of phenols is 1. The summed E-state index contributed by atoms with van der Waals surface area (Å²) in [6.45, 7) is 2.11. The Labute approximate surface area is 155 Å². The molecule has 1 unspecified atom stereocenters. The number of phenolic OH excluding ortho intramolecular Hbond substituents is 1. The zero-order valence-corrected chi connectivity index (χ0v) is 15.4. The van der Waals surface area contributed by atoms with Crippen molar-refractivity contribution in [3.05, 3.63) is 87.4 Å². The number of carbonyl (C=O) groups excluding carboxylic acids is 1. The van der Waals surface area contributed by atoms with Gasteiger partial charge >= 0.3 is 0 Å². The number of carbonyl (C=O) groups is 1. The molecule has 2 aliphatic rings. The van der Waals surface area contributed by atoms with Crippen molar-refractivity contribution in [1.82, 2.24) is 0 Å². The van der Waals surface area contributed by atoms with Crippen LogP contribution in [0.3, 0.4) is 0 Å². The van der Waals surface area contributed by atoms with Gasteiger partial charge in [0.2, 0.25) is 0 Å². The average molecular weight is 393 g/mol. The van der Waals surface area contributed by atoms with E-state index in [4.69, 9.17) is 0 Å². The van der Waals surface area contributed by atoms with Gasteiger partial charge in [-0.2, -0.15) is 0 Å². The number of allylic oxidation sites excluding steroid dienone is 6. The van der Waals surface area contributed by atoms with Crippen LogP contribution in [0, 0.1) is 5.92 Å². The molecule has 0 fully saturated rings. The van der Waals surface area contributed by atoms with Gasteiger partial charge in [-0.1, -0.05) is 43.3 Å². The summed E-state index contributed by atoms with van der Waals surface area (Å²) in [7, 11) is 0. The van der Waals surface area contributed by atoms with Crippen LogP contribution in [0.5, 0.6) is 5.75 Å². The Morgan fingerprint density at radius 3 is 2.52 bits per heavy atom. The van der Waals surface area contributed by atoms with E-state index in [0.29, 0.717) is 10.9 Å². The Bertz CT molecular complexity index is 965. The third-order valence-corrected chi connectivity index (χ3v) is 5.45. The number of fused-ring (bicyclic) bond motifs is 1. The van der Waals surface area contributed by atoms with Crippen molar-refractivity contribution in [2.24, 2.45) is 5.92 Å². The van der Waals surface area contributed by atoms with E-state index in [1.807, 2.05) is 30.3 Å². The molecule has 0 bridgehead atoms. The molecular weight excluding hydrogens is 376 g/mol. The van der Waals surface area contributed by atoms with Gasteiger partial charge in [-0.25, -0.2) is 0 Å². The average Bonchev–Trinajstić information content (AvgIpc) is 2.98. The zero-order valence-electron chi connectivity index (χ0n) is 13.8. The fourth-order valence-electron chi connectivity index (χ4n) is 3.61. The lowest BCUT2D eigenvalue weighted by molar-refractivity contribution is -0.115. The van der Waals surface area contributed by atoms with Gasteiger partial charge in [-0.3, -0.25) is 4.79 Å². The zero-order chi connectivity index (χ0) is 17.6. The lowest BCUT2D eigenvalue weighted by Crippen LogP contribution is -2.13. The number of ketones is 1. The van der Waals surface area contributed by atoms with Crippen LogP contribution in [-0.4, -0.2) is 10.9 Å². The normalized spacial score (nSPS) is 19.6. The van der Waals surface area contributed by atoms with Gasteiger partial charge in [0.1, 0.15) is 5.75 Å². The number of hydrogen-bond acceptors (Lipinski definition) is 2. The highest BCUT2D eigenvalue weighted by atomic mass is 79.9. The third kappa shape index (κ3) is 2.79. The molecule has 2 aliphatic carbocycles. The standard InChI is InChI=1S/C22H17BrO2/c1-13-9-16(24)11-19-17(13)12-18(15-7-8-21(25)20(23)10-15)22(19)14-5-3-2-4-6-14/h2-8,10-13,25H,9H2,1H3. The second-order valence-electron chi connectivity index (χ2n) is 6.55. The molecular formula is C22H17BrO2. The van der Waals surface area contributed by atoms with E-state index in [9.17, 15) is 9.90 Å². The number of benzene rings is 2. The Kier molecular flexibility index (Phi) is 3.97. The maximum Gasteiger partial charge on any atom is 0.156 e. The van der Waals surface area contributed by atoms with Crippen LogP contribution in [0.15, 0.2) is 76.3 Å². The van der Waals surface area contributed by atoms with Crippen LogP contribution in [0.2, 0.25) is 0 Å². The Balaban J connectivity index is 1.98. The molecule has 4 rings (SSSR count). The van der Waals surface area contributed by atoms with Gasteiger partial charge in [0.15, 0.2) is 5.78 Å². The van der Waals surface area contributed by atoms with E-state index in [0.717, 1.165) is 27.8 Å². The van der Waals surface area contributed by atoms with Crippen molar-refractivity contribution in [2.75, 3.05) is 0 Å². The summed E-state index contributed by atoms with van der Waals surface area (Å²) in [5.74, 6) is 0.613. The topological polar surface area (TPSA) is 37.3 Å². The van der Waals surface area contributed by atoms with Gasteiger partial charge in [0.05, 0.1) is 4.47 Å². The molecule has 2 nitrogen and oxygen atoms in total. The molecule has 25 heavy (non-hydrogen) atoms. The van der Waals surface area contributed by atoms with E-state index in [2.05, 4.69) is 41.1 Å². The molecule has 1 atom stereocenters. The molecule has 0 aliphatic heterocycles. The van der Waals surface area contributed by atoms with E-state index in [1.54, 1.807) is 12.1 Å². The van der Waals surface area contributed by atoms with Crippen molar-refractivity contribution in [2.45, 2.75) is 13.3 Å². The molecule has 0 saturated heterocycles. The maximum atomic E-state index is 12.2. The largest absolute Gasteiger partial charge is 0.507 e. The summed E-state index contributed by atoms with van der Waals surface area (Å²) in [6.07, 6.45) is 4.55. The fourth-order valence-corrected chi connectivity index (χ4v) is 3.99. The minimum absolute atomic E-state index is 0.182. The smallest absolute Gasteiger partial charge is 0.156 e. The summed E-state index contributed by atoms with van der Waals surface area (Å²) in [5.41, 5.74) is 6.56. The summed E-state index contributed by atoms with van der Waals surface area (Å²) in [6, 6.07) is 15.7. The third-order valence-electron chi connectivity index (χ3n) is 4.81. The Morgan fingerprint density at radius 2 is 1.80 bits per heavy atom. The van der Waals surface area contributed by atoms with Crippen molar-refractivity contribution in [1.29, 1.82) is 0 Å². The first-order valence-corrected chi connectivity index (χ1v) is 9.09. The summed E-state index contributed by atoms with van der Waals surface area (Å²) in [5, 5.41) is 9.82. The molecule has 0 amide bonds. The number of rotatable bonds is 2. The van der Waals surface area contributed by atoms with Crippen LogP contribution >= 0.6 is 15.9 Å². The molecule has 0 heterocycles. The molecule has 2 aromatic carbocycles. The van der Waals surface area contributed by atoms with Crippen LogP contribution in [0.4, 0.5) is 0 Å². The number of hydrogen-bond donors (Lipinski definition) is 1. The first-order valence-electron chi connectivity index (χ1n) is 8.30. The van der Waals surface area contributed by atoms with Crippen molar-refractivity contribution in [3.8, 4) is 5.75 Å². The van der Waals surface area contributed by atoms with Crippen LogP contribution in [0.1, 0.15) is 24.5 Å². The molecule has 0 saturated carbocycles. The summed E-state index contributed by atoms with van der Waals surface area (Å²) < 4.78 is 0.663. The number of aromatic hydroxyl groups is 1. The van der Waals surface area contributed by atoms with Crippen molar-refractivity contribution >= 4 is 32.9 Å². The summed E-state index contributed by atoms with van der Waals surface area (Å²) in [4.78, 5) is 12.2. The van der Waals surface area contributed by atoms with Crippen molar-refractivity contribution < 1.29 is 9.90 Å². The highest BCUT2D eigenvalue weighted by molar-refractivity contribution is 9.10. The van der Waals surface area contributed by atoms with Crippen LogP contribution < -0.4 is 0 Å². The molecule has 124 valence electrons. The maximum absolute atomic E-state index is 12.2. The van der Waals surface area contributed by atoms with Gasteiger partial charge in [-0.05, 0) is 79.6 Å². The first kappa shape index (κ1) is 16.1. The fraction of sp³-hybridized carbons (Fsp3) is 0.136. The van der Waals surface area contributed by atoms with Crippen LogP contribution in [-0.2, 0) is 4.79 Å². The molecule has 0 radical (unpaired) electrons.